The van der Waals surface area contributed by atoms with Gasteiger partial charge in [0.05, 0.1) is 15.6 Å². The molecule has 1 fully saturated rings. The number of hydrogen-bond acceptors (Lipinski definition) is 5. The van der Waals surface area contributed by atoms with E-state index in [0.29, 0.717) is 4.90 Å². The van der Waals surface area contributed by atoms with Crippen LogP contribution in [0.4, 0.5) is 5.69 Å². The number of rotatable bonds is 7. The van der Waals surface area contributed by atoms with Crippen LogP contribution in [-0.2, 0) is 9.59 Å². The summed E-state index contributed by atoms with van der Waals surface area (Å²) >= 11 is 6.74. The van der Waals surface area contributed by atoms with Crippen molar-refractivity contribution in [1.29, 1.82) is 0 Å². The molecule has 1 aliphatic rings. The molecule has 22 heavy (non-hydrogen) atoms. The molecule has 0 bridgehead atoms. The van der Waals surface area contributed by atoms with Gasteiger partial charge < -0.3 is 10.0 Å². The van der Waals surface area contributed by atoms with Crippen LogP contribution < -0.4 is 0 Å². The fourth-order valence-corrected chi connectivity index (χ4v) is 2.99. The predicted octanol–water partition coefficient (Wildman–Crippen LogP) is 2.42. The highest BCUT2D eigenvalue weighted by Gasteiger charge is 2.33. The van der Waals surface area contributed by atoms with Gasteiger partial charge >= 0.3 is 5.97 Å². The van der Waals surface area contributed by atoms with Crippen LogP contribution in [0.5, 0.6) is 0 Å². The molecule has 1 aromatic rings. The molecule has 1 aliphatic carbocycles. The van der Waals surface area contributed by atoms with Gasteiger partial charge in [-0.25, -0.2) is 0 Å². The maximum atomic E-state index is 12.1. The highest BCUT2D eigenvalue weighted by atomic mass is 35.5. The summed E-state index contributed by atoms with van der Waals surface area (Å²) in [4.78, 5) is 35.0. The molecule has 0 spiro atoms. The number of aliphatic carboxylic acids is 1. The van der Waals surface area contributed by atoms with Gasteiger partial charge in [0.15, 0.2) is 0 Å². The van der Waals surface area contributed by atoms with E-state index in [2.05, 4.69) is 0 Å². The number of carbonyl (C=O) groups excluding carboxylic acids is 1. The summed E-state index contributed by atoms with van der Waals surface area (Å²) in [6.45, 7) is -0.341. The second-order valence-electron chi connectivity index (χ2n) is 4.80. The number of hydrogen-bond donors (Lipinski definition) is 1. The van der Waals surface area contributed by atoms with Crippen molar-refractivity contribution in [3.05, 3.63) is 33.3 Å². The van der Waals surface area contributed by atoms with Crippen LogP contribution in [0.25, 0.3) is 0 Å². The molecule has 7 nitrogen and oxygen atoms in total. The first-order chi connectivity index (χ1) is 10.4. The van der Waals surface area contributed by atoms with Gasteiger partial charge in [0.25, 0.3) is 5.69 Å². The van der Waals surface area contributed by atoms with E-state index in [1.807, 2.05) is 0 Å². The lowest BCUT2D eigenvalue weighted by molar-refractivity contribution is -0.387. The number of halogens is 1. The molecule has 1 N–H and O–H groups in total. The number of nitrogens with zero attached hydrogens (tertiary/aromatic N) is 2. The zero-order valence-corrected chi connectivity index (χ0v) is 13.0. The Bertz CT molecular complexity index is 620. The number of carbonyl (C=O) groups is 2. The van der Waals surface area contributed by atoms with Crippen LogP contribution in [0, 0.1) is 10.1 Å². The Labute approximate surface area is 135 Å². The summed E-state index contributed by atoms with van der Waals surface area (Å²) in [6, 6.07) is 4.20. The molecule has 0 saturated heterocycles. The van der Waals surface area contributed by atoms with Gasteiger partial charge in [-0.05, 0) is 25.0 Å². The zero-order chi connectivity index (χ0) is 16.3. The van der Waals surface area contributed by atoms with E-state index in [1.165, 1.54) is 23.1 Å². The van der Waals surface area contributed by atoms with E-state index in [9.17, 15) is 19.7 Å². The second-order valence-corrected chi connectivity index (χ2v) is 6.26. The third kappa shape index (κ3) is 4.35. The Morgan fingerprint density at radius 1 is 1.45 bits per heavy atom. The van der Waals surface area contributed by atoms with E-state index in [1.54, 1.807) is 0 Å². The van der Waals surface area contributed by atoms with Gasteiger partial charge in [0.1, 0.15) is 6.54 Å². The highest BCUT2D eigenvalue weighted by molar-refractivity contribution is 8.00. The molecular formula is C13H13ClN2O5S. The van der Waals surface area contributed by atoms with Crippen LogP contribution in [0.15, 0.2) is 23.1 Å². The number of amides is 1. The lowest BCUT2D eigenvalue weighted by Gasteiger charge is -2.19. The zero-order valence-electron chi connectivity index (χ0n) is 11.4. The molecule has 0 unspecified atom stereocenters. The molecule has 1 amide bonds. The fraction of sp³-hybridized carbons (Fsp3) is 0.385. The lowest BCUT2D eigenvalue weighted by Crippen LogP contribution is -2.38. The smallest absolute Gasteiger partial charge is 0.323 e. The van der Waals surface area contributed by atoms with E-state index < -0.39 is 10.9 Å². The third-order valence-corrected chi connectivity index (χ3v) is 4.37. The average Bonchev–Trinajstić information content (AvgIpc) is 3.27. The molecule has 0 atom stereocenters. The summed E-state index contributed by atoms with van der Waals surface area (Å²) in [7, 11) is 0. The van der Waals surface area contributed by atoms with Gasteiger partial charge in [-0.1, -0.05) is 11.6 Å². The summed E-state index contributed by atoms with van der Waals surface area (Å²) in [5.41, 5.74) is -0.165. The monoisotopic (exact) mass is 344 g/mol. The van der Waals surface area contributed by atoms with Crippen LogP contribution in [0.3, 0.4) is 0 Å². The quantitative estimate of drug-likeness (QED) is 0.463. The molecule has 9 heteroatoms. The molecule has 0 aliphatic heterocycles. The van der Waals surface area contributed by atoms with Crippen molar-refractivity contribution in [1.82, 2.24) is 4.90 Å². The Morgan fingerprint density at radius 3 is 2.68 bits per heavy atom. The fourth-order valence-electron chi connectivity index (χ4n) is 1.93. The van der Waals surface area contributed by atoms with E-state index in [4.69, 9.17) is 16.7 Å². The summed E-state index contributed by atoms with van der Waals surface area (Å²) < 4.78 is 0. The minimum absolute atomic E-state index is 0.0237. The number of carboxylic acids is 1. The Balaban J connectivity index is 2.04. The molecule has 118 valence electrons. The number of nitro groups is 1. The first kappa shape index (κ1) is 16.6. The standard InChI is InChI=1S/C13H13ClN2O5S/c14-8-1-4-11(10(5-8)16(20)21)22-7-12(17)15(6-13(18)19)9-2-3-9/h1,4-5,9H,2-3,6-7H2,(H,18,19). The van der Waals surface area contributed by atoms with Crippen molar-refractivity contribution in [3.8, 4) is 0 Å². The van der Waals surface area contributed by atoms with Crippen molar-refractivity contribution >= 4 is 40.9 Å². The van der Waals surface area contributed by atoms with Crippen molar-refractivity contribution in [2.24, 2.45) is 0 Å². The SMILES string of the molecule is O=C(O)CN(C(=O)CSc1ccc(Cl)cc1[N+](=O)[O-])C1CC1. The Kier molecular flexibility index (Phi) is 5.25. The number of nitro benzene ring substituents is 1. The van der Waals surface area contributed by atoms with E-state index in [-0.39, 0.29) is 35.0 Å². The summed E-state index contributed by atoms with van der Waals surface area (Å²) in [6.07, 6.45) is 1.59. The average molecular weight is 345 g/mol. The minimum atomic E-state index is -1.07. The van der Waals surface area contributed by atoms with Crippen LogP contribution in [0.1, 0.15) is 12.8 Å². The van der Waals surface area contributed by atoms with Crippen LogP contribution in [-0.4, -0.2) is 45.1 Å². The van der Waals surface area contributed by atoms with Gasteiger partial charge in [0.2, 0.25) is 5.91 Å². The number of benzene rings is 1. The molecule has 0 radical (unpaired) electrons. The minimum Gasteiger partial charge on any atom is -0.480 e. The topological polar surface area (TPSA) is 101 Å². The highest BCUT2D eigenvalue weighted by Crippen LogP contribution is 2.33. The van der Waals surface area contributed by atoms with Gasteiger partial charge in [-0.3, -0.25) is 19.7 Å². The largest absolute Gasteiger partial charge is 0.480 e. The molecule has 2 rings (SSSR count). The lowest BCUT2D eigenvalue weighted by atomic mass is 10.3. The van der Waals surface area contributed by atoms with Crippen molar-refractivity contribution in [2.75, 3.05) is 12.3 Å². The Morgan fingerprint density at radius 2 is 2.14 bits per heavy atom. The molecule has 1 aromatic carbocycles. The van der Waals surface area contributed by atoms with Crippen LogP contribution >= 0.6 is 23.4 Å². The maximum Gasteiger partial charge on any atom is 0.323 e. The number of carboxylic acid groups (broad SMARTS) is 1. The Hall–Kier alpha value is -1.80. The maximum absolute atomic E-state index is 12.1. The summed E-state index contributed by atoms with van der Waals surface area (Å²) in [5, 5.41) is 20.1. The molecule has 1 saturated carbocycles. The van der Waals surface area contributed by atoms with Crippen molar-refractivity contribution in [3.63, 3.8) is 0 Å². The van der Waals surface area contributed by atoms with Gasteiger partial charge in [-0.2, -0.15) is 0 Å². The van der Waals surface area contributed by atoms with Gasteiger partial charge in [0, 0.05) is 17.1 Å². The molecular weight excluding hydrogens is 332 g/mol. The molecule has 0 aromatic heterocycles. The van der Waals surface area contributed by atoms with Crippen LogP contribution in [0.2, 0.25) is 5.02 Å². The summed E-state index contributed by atoms with van der Waals surface area (Å²) in [5.74, 6) is -1.45. The van der Waals surface area contributed by atoms with Crippen molar-refractivity contribution in [2.45, 2.75) is 23.8 Å². The normalized spacial score (nSPS) is 13.7. The van der Waals surface area contributed by atoms with E-state index in [0.717, 1.165) is 24.6 Å². The predicted molar refractivity (Wildman–Crippen MR) is 81.2 cm³/mol. The van der Waals surface area contributed by atoms with Gasteiger partial charge in [-0.15, -0.1) is 11.8 Å². The third-order valence-electron chi connectivity index (χ3n) is 3.08. The second kappa shape index (κ2) is 6.97. The first-order valence-electron chi connectivity index (χ1n) is 6.46. The van der Waals surface area contributed by atoms with E-state index >= 15 is 0 Å². The molecule has 0 heterocycles. The van der Waals surface area contributed by atoms with Crippen molar-refractivity contribution < 1.29 is 19.6 Å². The first-order valence-corrected chi connectivity index (χ1v) is 7.83. The number of thioether (sulfide) groups is 1.